The number of hydrogen-bond donors (Lipinski definition) is 1. The van der Waals surface area contributed by atoms with Crippen LogP contribution in [-0.4, -0.2) is 14.2 Å². The van der Waals surface area contributed by atoms with Gasteiger partial charge >= 0.3 is 0 Å². The number of ether oxygens (including phenoxy) is 2. The summed E-state index contributed by atoms with van der Waals surface area (Å²) in [5.41, 5.74) is 3.27. The number of halogens is 1. The molecule has 112 valence electrons. The molecule has 0 saturated heterocycles. The van der Waals surface area contributed by atoms with Gasteiger partial charge in [-0.25, -0.2) is 0 Å². The summed E-state index contributed by atoms with van der Waals surface area (Å²) in [6, 6.07) is 12.2. The minimum Gasteiger partial charge on any atom is -0.493 e. The predicted molar refractivity (Wildman–Crippen MR) is 87.8 cm³/mol. The van der Waals surface area contributed by atoms with Crippen molar-refractivity contribution >= 4 is 17.3 Å². The van der Waals surface area contributed by atoms with Gasteiger partial charge in [0.2, 0.25) is 0 Å². The summed E-state index contributed by atoms with van der Waals surface area (Å²) in [7, 11) is 3.20. The Morgan fingerprint density at radius 1 is 1.00 bits per heavy atom. The van der Waals surface area contributed by atoms with Crippen LogP contribution in [0.4, 0.5) is 5.69 Å². The molecule has 0 bridgehead atoms. The van der Waals surface area contributed by atoms with Gasteiger partial charge in [-0.2, -0.15) is 0 Å². The quantitative estimate of drug-likeness (QED) is 0.857. The maximum absolute atomic E-state index is 6.30. The van der Waals surface area contributed by atoms with Crippen molar-refractivity contribution in [3.8, 4) is 11.5 Å². The van der Waals surface area contributed by atoms with E-state index < -0.39 is 0 Å². The molecule has 2 aromatic carbocycles. The smallest absolute Gasteiger partial charge is 0.162 e. The number of aryl methyl sites for hydroxylation is 1. The molecule has 0 aliphatic rings. The van der Waals surface area contributed by atoms with Gasteiger partial charge in [0.1, 0.15) is 0 Å². The molecule has 0 radical (unpaired) electrons. The average molecular weight is 306 g/mol. The van der Waals surface area contributed by atoms with E-state index in [-0.39, 0.29) is 6.04 Å². The van der Waals surface area contributed by atoms with E-state index in [9.17, 15) is 0 Å². The first-order chi connectivity index (χ1) is 10.0. The van der Waals surface area contributed by atoms with Crippen LogP contribution >= 0.6 is 11.6 Å². The normalized spacial score (nSPS) is 11.9. The molecule has 0 fully saturated rings. The van der Waals surface area contributed by atoms with E-state index in [0.29, 0.717) is 16.5 Å². The van der Waals surface area contributed by atoms with Crippen molar-refractivity contribution in [1.82, 2.24) is 0 Å². The van der Waals surface area contributed by atoms with E-state index in [0.717, 1.165) is 5.69 Å². The maximum Gasteiger partial charge on any atom is 0.162 e. The lowest BCUT2D eigenvalue weighted by Gasteiger charge is -2.18. The van der Waals surface area contributed by atoms with E-state index in [2.05, 4.69) is 43.4 Å². The molecule has 0 aromatic heterocycles. The molecule has 0 saturated carbocycles. The number of nitrogens with one attached hydrogen (secondary N) is 1. The van der Waals surface area contributed by atoms with Crippen LogP contribution in [0.25, 0.3) is 0 Å². The second-order valence-corrected chi connectivity index (χ2v) is 5.37. The molecule has 0 amide bonds. The third-order valence-corrected chi connectivity index (χ3v) is 3.74. The monoisotopic (exact) mass is 305 g/mol. The molecule has 0 aliphatic heterocycles. The van der Waals surface area contributed by atoms with Gasteiger partial charge in [-0.15, -0.1) is 0 Å². The van der Waals surface area contributed by atoms with Gasteiger partial charge in [0.25, 0.3) is 0 Å². The Morgan fingerprint density at radius 2 is 1.57 bits per heavy atom. The van der Waals surface area contributed by atoms with Crippen molar-refractivity contribution in [1.29, 1.82) is 0 Å². The van der Waals surface area contributed by atoms with Crippen LogP contribution in [0.3, 0.4) is 0 Å². The Labute approximate surface area is 130 Å². The zero-order valence-corrected chi connectivity index (χ0v) is 13.5. The van der Waals surface area contributed by atoms with Crippen LogP contribution in [0.5, 0.6) is 11.5 Å². The molecule has 1 N–H and O–H groups in total. The van der Waals surface area contributed by atoms with Gasteiger partial charge in [0.05, 0.1) is 24.9 Å². The molecule has 2 rings (SSSR count). The van der Waals surface area contributed by atoms with Crippen molar-refractivity contribution in [2.75, 3.05) is 19.5 Å². The fourth-order valence-electron chi connectivity index (χ4n) is 2.14. The standard InChI is InChI=1S/C17H20ClNO2/c1-11-5-7-13(8-6-11)12(2)19-15-10-17(21-4)16(20-3)9-14(15)18/h5-10,12,19H,1-4H3. The molecular formula is C17H20ClNO2. The van der Waals surface area contributed by atoms with Crippen molar-refractivity contribution in [2.45, 2.75) is 19.9 Å². The SMILES string of the molecule is COc1cc(Cl)c(NC(C)c2ccc(C)cc2)cc1OC. The molecule has 0 aliphatic carbocycles. The second kappa shape index (κ2) is 6.72. The summed E-state index contributed by atoms with van der Waals surface area (Å²) >= 11 is 6.30. The number of anilines is 1. The van der Waals surface area contributed by atoms with E-state index in [4.69, 9.17) is 21.1 Å². The van der Waals surface area contributed by atoms with E-state index in [1.54, 1.807) is 20.3 Å². The molecule has 3 nitrogen and oxygen atoms in total. The summed E-state index contributed by atoms with van der Waals surface area (Å²) in [4.78, 5) is 0. The lowest BCUT2D eigenvalue weighted by atomic mass is 10.1. The summed E-state index contributed by atoms with van der Waals surface area (Å²) in [6.07, 6.45) is 0. The summed E-state index contributed by atoms with van der Waals surface area (Å²) < 4.78 is 10.5. The highest BCUT2D eigenvalue weighted by molar-refractivity contribution is 6.33. The molecule has 0 heterocycles. The minimum absolute atomic E-state index is 0.140. The zero-order valence-electron chi connectivity index (χ0n) is 12.7. The van der Waals surface area contributed by atoms with E-state index in [1.165, 1.54) is 11.1 Å². The van der Waals surface area contributed by atoms with E-state index in [1.807, 2.05) is 6.07 Å². The molecule has 2 aromatic rings. The Kier molecular flexibility index (Phi) is 4.97. The lowest BCUT2D eigenvalue weighted by molar-refractivity contribution is 0.355. The van der Waals surface area contributed by atoms with Crippen LogP contribution in [0.15, 0.2) is 36.4 Å². The third-order valence-electron chi connectivity index (χ3n) is 3.42. The number of rotatable bonds is 5. The molecule has 1 unspecified atom stereocenters. The van der Waals surface area contributed by atoms with Crippen molar-refractivity contribution in [2.24, 2.45) is 0 Å². The Hall–Kier alpha value is -1.87. The highest BCUT2D eigenvalue weighted by Crippen LogP contribution is 2.37. The van der Waals surface area contributed by atoms with Crippen LogP contribution in [0.1, 0.15) is 24.1 Å². The van der Waals surface area contributed by atoms with Gasteiger partial charge in [-0.3, -0.25) is 0 Å². The van der Waals surface area contributed by atoms with Gasteiger partial charge in [-0.05, 0) is 19.4 Å². The average Bonchev–Trinajstić information content (AvgIpc) is 2.49. The Balaban J connectivity index is 2.24. The zero-order chi connectivity index (χ0) is 15.4. The van der Waals surface area contributed by atoms with Crippen molar-refractivity contribution in [3.05, 3.63) is 52.5 Å². The van der Waals surface area contributed by atoms with Gasteiger partial charge in [0, 0.05) is 18.2 Å². The minimum atomic E-state index is 0.140. The van der Waals surface area contributed by atoms with Gasteiger partial charge in [0.15, 0.2) is 11.5 Å². The fourth-order valence-corrected chi connectivity index (χ4v) is 2.34. The lowest BCUT2D eigenvalue weighted by Crippen LogP contribution is -2.07. The summed E-state index contributed by atoms with van der Waals surface area (Å²) in [5.74, 6) is 1.27. The predicted octanol–water partition coefficient (Wildman–Crippen LogP) is 4.84. The first-order valence-corrected chi connectivity index (χ1v) is 7.17. The second-order valence-electron chi connectivity index (χ2n) is 4.96. The Morgan fingerprint density at radius 3 is 2.14 bits per heavy atom. The molecule has 4 heteroatoms. The van der Waals surface area contributed by atoms with Gasteiger partial charge < -0.3 is 14.8 Å². The topological polar surface area (TPSA) is 30.5 Å². The molecule has 0 spiro atoms. The van der Waals surface area contributed by atoms with E-state index >= 15 is 0 Å². The molecule has 1 atom stereocenters. The first-order valence-electron chi connectivity index (χ1n) is 6.79. The molecule has 21 heavy (non-hydrogen) atoms. The summed E-state index contributed by atoms with van der Waals surface area (Å²) in [5, 5.41) is 4.01. The number of benzene rings is 2. The highest BCUT2D eigenvalue weighted by Gasteiger charge is 2.12. The maximum atomic E-state index is 6.30. The summed E-state index contributed by atoms with van der Waals surface area (Å²) in [6.45, 7) is 4.17. The van der Waals surface area contributed by atoms with Crippen LogP contribution in [0, 0.1) is 6.92 Å². The number of hydrogen-bond acceptors (Lipinski definition) is 3. The van der Waals surface area contributed by atoms with Crippen LogP contribution in [-0.2, 0) is 0 Å². The largest absolute Gasteiger partial charge is 0.493 e. The van der Waals surface area contributed by atoms with Crippen LogP contribution < -0.4 is 14.8 Å². The van der Waals surface area contributed by atoms with Crippen molar-refractivity contribution < 1.29 is 9.47 Å². The number of methoxy groups -OCH3 is 2. The molecular weight excluding hydrogens is 286 g/mol. The third kappa shape index (κ3) is 3.61. The van der Waals surface area contributed by atoms with Crippen molar-refractivity contribution in [3.63, 3.8) is 0 Å². The first kappa shape index (κ1) is 15.5. The Bertz CT molecular complexity index is 611. The van der Waals surface area contributed by atoms with Gasteiger partial charge in [-0.1, -0.05) is 41.4 Å². The van der Waals surface area contributed by atoms with Crippen LogP contribution in [0.2, 0.25) is 5.02 Å². The fraction of sp³-hybridized carbons (Fsp3) is 0.294. The highest BCUT2D eigenvalue weighted by atomic mass is 35.5.